The molecule has 152 valence electrons. The zero-order chi connectivity index (χ0) is 20.5. The zero-order valence-corrected chi connectivity index (χ0v) is 17.7. The van der Waals surface area contributed by atoms with Crippen molar-refractivity contribution in [3.63, 3.8) is 0 Å². The van der Waals surface area contributed by atoms with Crippen LogP contribution < -0.4 is 0 Å². The summed E-state index contributed by atoms with van der Waals surface area (Å²) in [6.45, 7) is 16.0. The minimum Gasteiger partial charge on any atom is -0.469 e. The fourth-order valence-electron chi connectivity index (χ4n) is 5.91. The van der Waals surface area contributed by atoms with E-state index in [4.69, 9.17) is 9.47 Å². The molecule has 0 spiro atoms. The van der Waals surface area contributed by atoms with E-state index in [9.17, 15) is 9.59 Å². The van der Waals surface area contributed by atoms with E-state index in [1.807, 2.05) is 6.92 Å². The highest BCUT2D eigenvalue weighted by Gasteiger charge is 2.57. The molecule has 0 radical (unpaired) electrons. The van der Waals surface area contributed by atoms with E-state index in [1.54, 1.807) is 6.08 Å². The second kappa shape index (κ2) is 7.81. The van der Waals surface area contributed by atoms with Crippen molar-refractivity contribution >= 4 is 11.9 Å². The van der Waals surface area contributed by atoms with Crippen molar-refractivity contribution < 1.29 is 19.1 Å². The first kappa shape index (κ1) is 21.7. The van der Waals surface area contributed by atoms with Gasteiger partial charge in [0, 0.05) is 6.92 Å². The molecule has 27 heavy (non-hydrogen) atoms. The lowest BCUT2D eigenvalue weighted by atomic mass is 9.46. The Kier molecular flexibility index (Phi) is 6.28. The lowest BCUT2D eigenvalue weighted by molar-refractivity contribution is -0.168. The molecule has 4 nitrogen and oxygen atoms in total. The summed E-state index contributed by atoms with van der Waals surface area (Å²) in [7, 11) is 1.49. The molecule has 2 fully saturated rings. The monoisotopic (exact) mass is 376 g/mol. The number of carbonyl (C=O) groups is 2. The van der Waals surface area contributed by atoms with E-state index >= 15 is 0 Å². The van der Waals surface area contributed by atoms with Crippen LogP contribution in [0.2, 0.25) is 0 Å². The minimum atomic E-state index is -0.671. The van der Waals surface area contributed by atoms with Gasteiger partial charge in [-0.2, -0.15) is 0 Å². The Morgan fingerprint density at radius 2 is 2.00 bits per heavy atom. The average Bonchev–Trinajstić information content (AvgIpc) is 2.59. The molecule has 0 bridgehead atoms. The van der Waals surface area contributed by atoms with Gasteiger partial charge in [0.15, 0.2) is 0 Å². The summed E-state index contributed by atoms with van der Waals surface area (Å²) in [6, 6.07) is 0. The van der Waals surface area contributed by atoms with Gasteiger partial charge in [0.1, 0.15) is 5.60 Å². The Balaban J connectivity index is 2.28. The minimum absolute atomic E-state index is 0.00876. The quantitative estimate of drug-likeness (QED) is 0.471. The normalized spacial score (nSPS) is 35.5. The largest absolute Gasteiger partial charge is 0.469 e. The van der Waals surface area contributed by atoms with Gasteiger partial charge >= 0.3 is 11.9 Å². The molecular weight excluding hydrogens is 340 g/mol. The summed E-state index contributed by atoms with van der Waals surface area (Å²) in [4.78, 5) is 24.1. The second-order valence-electron chi connectivity index (χ2n) is 9.22. The summed E-state index contributed by atoms with van der Waals surface area (Å²) >= 11 is 0. The summed E-state index contributed by atoms with van der Waals surface area (Å²) in [5, 5.41) is 0. The molecular formula is C23H36O4. The third-order valence-electron chi connectivity index (χ3n) is 7.41. The summed E-state index contributed by atoms with van der Waals surface area (Å²) in [5.74, 6) is 0.209. The fraction of sp³-hybridized carbons (Fsp3) is 0.739. The molecule has 0 saturated heterocycles. The number of carbonyl (C=O) groups excluding carboxylic acids is 2. The van der Waals surface area contributed by atoms with Crippen LogP contribution in [0.25, 0.3) is 0 Å². The predicted molar refractivity (Wildman–Crippen MR) is 107 cm³/mol. The molecule has 2 aliphatic rings. The van der Waals surface area contributed by atoms with Crippen LogP contribution >= 0.6 is 0 Å². The van der Waals surface area contributed by atoms with E-state index in [0.717, 1.165) is 38.5 Å². The molecule has 2 saturated carbocycles. The molecule has 2 aliphatic carbocycles. The molecule has 0 aromatic heterocycles. The zero-order valence-electron chi connectivity index (χ0n) is 17.7. The van der Waals surface area contributed by atoms with Gasteiger partial charge in [-0.05, 0) is 75.7 Å². The number of hydrogen-bond acceptors (Lipinski definition) is 4. The molecule has 4 heteroatoms. The molecule has 0 aliphatic heterocycles. The maximum atomic E-state index is 12.6. The van der Waals surface area contributed by atoms with E-state index in [1.165, 1.54) is 19.6 Å². The van der Waals surface area contributed by atoms with E-state index < -0.39 is 11.0 Å². The second-order valence-corrected chi connectivity index (χ2v) is 9.22. The van der Waals surface area contributed by atoms with Gasteiger partial charge in [0.25, 0.3) is 0 Å². The molecule has 0 aromatic rings. The highest BCUT2D eigenvalue weighted by atomic mass is 16.6. The van der Waals surface area contributed by atoms with Gasteiger partial charge in [-0.1, -0.05) is 32.1 Å². The molecule has 0 amide bonds. The highest BCUT2D eigenvalue weighted by Crippen LogP contribution is 2.62. The van der Waals surface area contributed by atoms with Crippen molar-refractivity contribution in [2.75, 3.05) is 7.11 Å². The lowest BCUT2D eigenvalue weighted by Gasteiger charge is -2.57. The standard InChI is InChI=1S/C23H36O4/c1-8-21(4,27-17(3)24)15-12-18-16(2)10-11-19-22(18,5)13-9-14-23(19,6)20(25)26-7/h8,18-19H,1-2,9-15H2,3-7H3/t18-,19+,21-,22+,23-/m0/s1. The maximum absolute atomic E-state index is 12.6. The Morgan fingerprint density at radius 1 is 1.33 bits per heavy atom. The van der Waals surface area contributed by atoms with Crippen LogP contribution in [0, 0.1) is 22.7 Å². The van der Waals surface area contributed by atoms with Gasteiger partial charge in [-0.15, -0.1) is 0 Å². The molecule has 0 heterocycles. The number of allylic oxidation sites excluding steroid dienone is 1. The smallest absolute Gasteiger partial charge is 0.311 e. The Labute approximate surface area is 164 Å². The first-order chi connectivity index (χ1) is 12.5. The van der Waals surface area contributed by atoms with E-state index in [2.05, 4.69) is 27.0 Å². The Morgan fingerprint density at radius 3 is 2.56 bits per heavy atom. The van der Waals surface area contributed by atoms with E-state index in [0.29, 0.717) is 12.3 Å². The number of hydrogen-bond donors (Lipinski definition) is 0. The van der Waals surface area contributed by atoms with Crippen LogP contribution in [0.1, 0.15) is 72.6 Å². The van der Waals surface area contributed by atoms with Crippen LogP contribution in [0.15, 0.2) is 24.8 Å². The van der Waals surface area contributed by atoms with Gasteiger partial charge in [0.05, 0.1) is 12.5 Å². The van der Waals surface area contributed by atoms with Crippen molar-refractivity contribution in [3.8, 4) is 0 Å². The molecule has 0 unspecified atom stereocenters. The SMILES string of the molecule is C=C[C@@](C)(CC[C@H]1C(=C)CC[C@@H]2[C@]1(C)CCC[C@]2(C)C(=O)OC)OC(C)=O. The molecule has 5 atom stereocenters. The van der Waals surface area contributed by atoms with Crippen molar-refractivity contribution in [3.05, 3.63) is 24.8 Å². The van der Waals surface area contributed by atoms with Crippen LogP contribution in [0.5, 0.6) is 0 Å². The molecule has 2 rings (SSSR count). The topological polar surface area (TPSA) is 52.6 Å². The van der Waals surface area contributed by atoms with Crippen LogP contribution in [-0.2, 0) is 19.1 Å². The van der Waals surface area contributed by atoms with Crippen molar-refractivity contribution in [2.45, 2.75) is 78.2 Å². The number of fused-ring (bicyclic) bond motifs is 1. The Hall–Kier alpha value is -1.58. The van der Waals surface area contributed by atoms with Gasteiger partial charge in [0.2, 0.25) is 0 Å². The third kappa shape index (κ3) is 4.00. The third-order valence-corrected chi connectivity index (χ3v) is 7.41. The summed E-state index contributed by atoms with van der Waals surface area (Å²) in [5.41, 5.74) is 0.167. The number of rotatable bonds is 6. The predicted octanol–water partition coefficient (Wildman–Crippen LogP) is 5.23. The van der Waals surface area contributed by atoms with Gasteiger partial charge in [-0.3, -0.25) is 9.59 Å². The van der Waals surface area contributed by atoms with Crippen molar-refractivity contribution in [2.24, 2.45) is 22.7 Å². The van der Waals surface area contributed by atoms with Gasteiger partial charge in [-0.25, -0.2) is 0 Å². The summed E-state index contributed by atoms with van der Waals surface area (Å²) < 4.78 is 10.7. The number of ether oxygens (including phenoxy) is 2. The van der Waals surface area contributed by atoms with Crippen molar-refractivity contribution in [1.82, 2.24) is 0 Å². The maximum Gasteiger partial charge on any atom is 0.311 e. The molecule has 0 N–H and O–H groups in total. The number of methoxy groups -OCH3 is 1. The van der Waals surface area contributed by atoms with Crippen LogP contribution in [0.3, 0.4) is 0 Å². The molecule has 0 aromatic carbocycles. The van der Waals surface area contributed by atoms with Crippen LogP contribution in [-0.4, -0.2) is 24.6 Å². The van der Waals surface area contributed by atoms with Gasteiger partial charge < -0.3 is 9.47 Å². The first-order valence-corrected chi connectivity index (χ1v) is 10.1. The fourth-order valence-corrected chi connectivity index (χ4v) is 5.91. The first-order valence-electron chi connectivity index (χ1n) is 10.1. The van der Waals surface area contributed by atoms with E-state index in [-0.39, 0.29) is 23.3 Å². The van der Waals surface area contributed by atoms with Crippen LogP contribution in [0.4, 0.5) is 0 Å². The summed E-state index contributed by atoms with van der Waals surface area (Å²) in [6.07, 6.45) is 8.22. The Bertz CT molecular complexity index is 624. The number of esters is 2. The van der Waals surface area contributed by atoms with Crippen molar-refractivity contribution in [1.29, 1.82) is 0 Å². The highest BCUT2D eigenvalue weighted by molar-refractivity contribution is 5.77. The average molecular weight is 377 g/mol. The lowest BCUT2D eigenvalue weighted by Crippen LogP contribution is -2.53.